The summed E-state index contributed by atoms with van der Waals surface area (Å²) in [5, 5.41) is 0. The van der Waals surface area contributed by atoms with Crippen molar-refractivity contribution in [3.05, 3.63) is 30.1 Å². The van der Waals surface area contributed by atoms with Gasteiger partial charge in [0.15, 0.2) is 0 Å². The van der Waals surface area contributed by atoms with Gasteiger partial charge in [0.2, 0.25) is 5.91 Å². The zero-order chi connectivity index (χ0) is 15.6. The second-order valence-corrected chi connectivity index (χ2v) is 7.62. The SMILES string of the molecule is O=C(CC1CC2CCC1C2)N1CCN(Cc2ccccn2)CC1. The van der Waals surface area contributed by atoms with Gasteiger partial charge in [0.1, 0.15) is 0 Å². The summed E-state index contributed by atoms with van der Waals surface area (Å²) in [6, 6.07) is 6.07. The van der Waals surface area contributed by atoms with Crippen molar-refractivity contribution >= 4 is 5.91 Å². The van der Waals surface area contributed by atoms with Crippen LogP contribution in [-0.2, 0) is 11.3 Å². The van der Waals surface area contributed by atoms with Gasteiger partial charge in [0, 0.05) is 45.3 Å². The quantitative estimate of drug-likeness (QED) is 0.857. The third kappa shape index (κ3) is 3.42. The van der Waals surface area contributed by atoms with Gasteiger partial charge in [-0.05, 0) is 49.1 Å². The maximum atomic E-state index is 12.6. The Balaban J connectivity index is 1.24. The molecule has 2 aliphatic carbocycles. The summed E-state index contributed by atoms with van der Waals surface area (Å²) in [4.78, 5) is 21.5. The number of fused-ring (bicyclic) bond motifs is 2. The summed E-state index contributed by atoms with van der Waals surface area (Å²) in [5.41, 5.74) is 1.12. The van der Waals surface area contributed by atoms with Crippen LogP contribution in [0.1, 0.15) is 37.8 Å². The Hall–Kier alpha value is -1.42. The molecule has 3 fully saturated rings. The van der Waals surface area contributed by atoms with Gasteiger partial charge in [-0.2, -0.15) is 0 Å². The summed E-state index contributed by atoms with van der Waals surface area (Å²) < 4.78 is 0. The lowest BCUT2D eigenvalue weighted by atomic mass is 9.86. The molecule has 0 aromatic carbocycles. The first-order valence-electron chi connectivity index (χ1n) is 9.18. The molecule has 3 atom stereocenters. The van der Waals surface area contributed by atoms with E-state index in [9.17, 15) is 4.79 Å². The monoisotopic (exact) mass is 313 g/mol. The molecule has 4 heteroatoms. The minimum absolute atomic E-state index is 0.403. The van der Waals surface area contributed by atoms with Crippen LogP contribution < -0.4 is 0 Å². The highest BCUT2D eigenvalue weighted by Crippen LogP contribution is 2.49. The molecule has 1 amide bonds. The number of carbonyl (C=O) groups is 1. The first kappa shape index (κ1) is 15.1. The van der Waals surface area contributed by atoms with Crippen molar-refractivity contribution < 1.29 is 4.79 Å². The highest BCUT2D eigenvalue weighted by Gasteiger charge is 2.40. The van der Waals surface area contributed by atoms with Crippen LogP contribution in [0.3, 0.4) is 0 Å². The topological polar surface area (TPSA) is 36.4 Å². The summed E-state index contributed by atoms with van der Waals surface area (Å²) in [7, 11) is 0. The van der Waals surface area contributed by atoms with E-state index in [4.69, 9.17) is 0 Å². The van der Waals surface area contributed by atoms with Gasteiger partial charge in [-0.3, -0.25) is 14.7 Å². The molecule has 1 aliphatic heterocycles. The second-order valence-electron chi connectivity index (χ2n) is 7.62. The summed E-state index contributed by atoms with van der Waals surface area (Å²) in [6.07, 6.45) is 8.17. The van der Waals surface area contributed by atoms with Crippen molar-refractivity contribution in [2.24, 2.45) is 17.8 Å². The fourth-order valence-electron chi connectivity index (χ4n) is 4.86. The third-order valence-electron chi connectivity index (χ3n) is 6.16. The Morgan fingerprint density at radius 3 is 2.65 bits per heavy atom. The largest absolute Gasteiger partial charge is 0.340 e. The molecule has 23 heavy (non-hydrogen) atoms. The van der Waals surface area contributed by atoms with Crippen molar-refractivity contribution in [1.29, 1.82) is 0 Å². The molecule has 3 aliphatic rings. The highest BCUT2D eigenvalue weighted by atomic mass is 16.2. The number of piperazine rings is 1. The van der Waals surface area contributed by atoms with Gasteiger partial charge in [-0.1, -0.05) is 12.5 Å². The van der Waals surface area contributed by atoms with E-state index in [2.05, 4.69) is 20.9 Å². The number of hydrogen-bond donors (Lipinski definition) is 0. The lowest BCUT2D eigenvalue weighted by Crippen LogP contribution is -2.48. The van der Waals surface area contributed by atoms with E-state index >= 15 is 0 Å². The Bertz CT molecular complexity index is 539. The third-order valence-corrected chi connectivity index (χ3v) is 6.16. The van der Waals surface area contributed by atoms with Gasteiger partial charge >= 0.3 is 0 Å². The molecule has 3 unspecified atom stereocenters. The van der Waals surface area contributed by atoms with E-state index in [1.165, 1.54) is 25.7 Å². The van der Waals surface area contributed by atoms with Gasteiger partial charge < -0.3 is 4.90 Å². The van der Waals surface area contributed by atoms with Crippen LogP contribution >= 0.6 is 0 Å². The number of rotatable bonds is 4. The average Bonchev–Trinajstić information content (AvgIpc) is 3.19. The van der Waals surface area contributed by atoms with Crippen molar-refractivity contribution in [3.8, 4) is 0 Å². The Labute approximate surface area is 138 Å². The average molecular weight is 313 g/mol. The predicted octanol–water partition coefficient (Wildman–Crippen LogP) is 2.55. The summed E-state index contributed by atoms with van der Waals surface area (Å²) in [5.74, 6) is 2.88. The molecule has 1 aromatic heterocycles. The first-order valence-corrected chi connectivity index (χ1v) is 9.18. The Morgan fingerprint density at radius 1 is 1.13 bits per heavy atom. The van der Waals surface area contributed by atoms with Gasteiger partial charge in [0.25, 0.3) is 0 Å². The van der Waals surface area contributed by atoms with Crippen LogP contribution in [0.15, 0.2) is 24.4 Å². The molecule has 0 N–H and O–H groups in total. The number of carbonyl (C=O) groups excluding carboxylic acids is 1. The van der Waals surface area contributed by atoms with Gasteiger partial charge in [0.05, 0.1) is 5.69 Å². The maximum Gasteiger partial charge on any atom is 0.222 e. The van der Waals surface area contributed by atoms with Crippen LogP contribution in [0.25, 0.3) is 0 Å². The molecule has 2 bridgehead atoms. The molecule has 1 saturated heterocycles. The smallest absolute Gasteiger partial charge is 0.222 e. The second kappa shape index (κ2) is 6.60. The molecule has 1 aromatic rings. The molecular formula is C19H27N3O. The molecule has 4 nitrogen and oxygen atoms in total. The van der Waals surface area contributed by atoms with Crippen molar-refractivity contribution in [2.45, 2.75) is 38.6 Å². The summed E-state index contributed by atoms with van der Waals surface area (Å²) >= 11 is 0. The number of pyridine rings is 1. The van der Waals surface area contributed by atoms with Gasteiger partial charge in [-0.15, -0.1) is 0 Å². The number of aromatic nitrogens is 1. The van der Waals surface area contributed by atoms with Crippen molar-refractivity contribution in [3.63, 3.8) is 0 Å². The van der Waals surface area contributed by atoms with Crippen molar-refractivity contribution in [2.75, 3.05) is 26.2 Å². The number of nitrogens with zero attached hydrogens (tertiary/aromatic N) is 3. The van der Waals surface area contributed by atoms with E-state index in [0.717, 1.165) is 56.7 Å². The normalized spacial score (nSPS) is 30.8. The van der Waals surface area contributed by atoms with E-state index in [1.807, 2.05) is 18.3 Å². The molecule has 2 heterocycles. The Morgan fingerprint density at radius 2 is 2.00 bits per heavy atom. The number of amides is 1. The standard InChI is InChI=1S/C19H27N3O/c23-19(13-17-12-15-4-5-16(17)11-15)22-9-7-21(8-10-22)14-18-3-1-2-6-20-18/h1-3,6,15-17H,4-5,7-14H2. The highest BCUT2D eigenvalue weighted by molar-refractivity contribution is 5.76. The number of hydrogen-bond acceptors (Lipinski definition) is 3. The zero-order valence-electron chi connectivity index (χ0n) is 13.9. The van der Waals surface area contributed by atoms with Crippen LogP contribution in [0, 0.1) is 17.8 Å². The summed E-state index contributed by atoms with van der Waals surface area (Å²) in [6.45, 7) is 4.60. The van der Waals surface area contributed by atoms with Crippen molar-refractivity contribution in [1.82, 2.24) is 14.8 Å². The Kier molecular flexibility index (Phi) is 4.34. The molecule has 4 rings (SSSR count). The van der Waals surface area contributed by atoms with Crippen LogP contribution in [0.4, 0.5) is 0 Å². The van der Waals surface area contributed by atoms with E-state index in [0.29, 0.717) is 11.8 Å². The first-order chi connectivity index (χ1) is 11.3. The molecule has 124 valence electrons. The van der Waals surface area contributed by atoms with Crippen LogP contribution in [-0.4, -0.2) is 46.9 Å². The molecule has 2 saturated carbocycles. The van der Waals surface area contributed by atoms with Gasteiger partial charge in [-0.25, -0.2) is 0 Å². The van der Waals surface area contributed by atoms with E-state index in [1.54, 1.807) is 0 Å². The molecule has 0 spiro atoms. The fraction of sp³-hybridized carbons (Fsp3) is 0.684. The lowest BCUT2D eigenvalue weighted by Gasteiger charge is -2.35. The van der Waals surface area contributed by atoms with Crippen LogP contribution in [0.2, 0.25) is 0 Å². The molecule has 0 radical (unpaired) electrons. The van der Waals surface area contributed by atoms with E-state index < -0.39 is 0 Å². The predicted molar refractivity (Wildman–Crippen MR) is 89.6 cm³/mol. The fourth-order valence-corrected chi connectivity index (χ4v) is 4.86. The zero-order valence-corrected chi connectivity index (χ0v) is 13.9. The van der Waals surface area contributed by atoms with E-state index in [-0.39, 0.29) is 0 Å². The minimum atomic E-state index is 0.403. The maximum absolute atomic E-state index is 12.6. The minimum Gasteiger partial charge on any atom is -0.340 e. The lowest BCUT2D eigenvalue weighted by molar-refractivity contribution is -0.134. The van der Waals surface area contributed by atoms with Crippen LogP contribution in [0.5, 0.6) is 0 Å². The molecular weight excluding hydrogens is 286 g/mol.